The first-order valence-corrected chi connectivity index (χ1v) is 7.89. The maximum atomic E-state index is 12.0. The molecule has 23 heavy (non-hydrogen) atoms. The molecule has 2 amide bonds. The Labute approximate surface area is 135 Å². The number of ether oxygens (including phenoxy) is 1. The van der Waals surface area contributed by atoms with Crippen molar-refractivity contribution in [2.45, 2.75) is 45.1 Å². The highest BCUT2D eigenvalue weighted by molar-refractivity contribution is 5.94. The van der Waals surface area contributed by atoms with Crippen LogP contribution in [0, 0.1) is 0 Å². The van der Waals surface area contributed by atoms with E-state index in [1.807, 2.05) is 0 Å². The molecule has 124 valence electrons. The maximum absolute atomic E-state index is 12.0. The lowest BCUT2D eigenvalue weighted by Gasteiger charge is -2.22. The summed E-state index contributed by atoms with van der Waals surface area (Å²) in [5.41, 5.74) is 0.806. The standard InChI is InChI=1S/C17H22N2O4/c1-12(20)18-15-9-5-6-13(10-15)17(22)23-11-16(21)19-14-7-3-2-4-8-14/h5-6,9-10,14H,2-4,7-8,11H2,1H3,(H,18,20)(H,19,21). The Kier molecular flexibility index (Phi) is 6.14. The monoisotopic (exact) mass is 318 g/mol. The molecule has 0 radical (unpaired) electrons. The van der Waals surface area contributed by atoms with Gasteiger partial charge < -0.3 is 15.4 Å². The Hall–Kier alpha value is -2.37. The van der Waals surface area contributed by atoms with E-state index in [0.29, 0.717) is 11.3 Å². The van der Waals surface area contributed by atoms with Gasteiger partial charge in [0.15, 0.2) is 6.61 Å². The molecular weight excluding hydrogens is 296 g/mol. The Bertz CT molecular complexity index is 580. The number of carbonyl (C=O) groups excluding carboxylic acids is 3. The lowest BCUT2D eigenvalue weighted by Crippen LogP contribution is -2.38. The second kappa shape index (κ2) is 8.31. The fraction of sp³-hybridized carbons (Fsp3) is 0.471. The summed E-state index contributed by atoms with van der Waals surface area (Å²) in [7, 11) is 0. The number of esters is 1. The molecule has 0 aromatic heterocycles. The van der Waals surface area contributed by atoms with Crippen LogP contribution in [0.5, 0.6) is 0 Å². The highest BCUT2D eigenvalue weighted by Crippen LogP contribution is 2.17. The van der Waals surface area contributed by atoms with Gasteiger partial charge in [-0.15, -0.1) is 0 Å². The highest BCUT2D eigenvalue weighted by atomic mass is 16.5. The van der Waals surface area contributed by atoms with Crippen LogP contribution >= 0.6 is 0 Å². The summed E-state index contributed by atoms with van der Waals surface area (Å²) in [5.74, 6) is -1.08. The molecule has 0 heterocycles. The third-order valence-corrected chi connectivity index (χ3v) is 3.72. The van der Waals surface area contributed by atoms with Gasteiger partial charge in [-0.2, -0.15) is 0 Å². The van der Waals surface area contributed by atoms with E-state index in [0.717, 1.165) is 25.7 Å². The molecule has 1 aliphatic rings. The summed E-state index contributed by atoms with van der Waals surface area (Å²) < 4.78 is 5.03. The molecule has 2 rings (SSSR count). The van der Waals surface area contributed by atoms with Crippen molar-refractivity contribution >= 4 is 23.5 Å². The van der Waals surface area contributed by atoms with Gasteiger partial charge in [-0.25, -0.2) is 4.79 Å². The van der Waals surface area contributed by atoms with E-state index < -0.39 is 5.97 Å². The van der Waals surface area contributed by atoms with Crippen molar-refractivity contribution in [3.63, 3.8) is 0 Å². The second-order valence-electron chi connectivity index (χ2n) is 5.74. The number of amides is 2. The summed E-state index contributed by atoms with van der Waals surface area (Å²) in [5, 5.41) is 5.48. The molecule has 6 heteroatoms. The van der Waals surface area contributed by atoms with Gasteiger partial charge >= 0.3 is 5.97 Å². The van der Waals surface area contributed by atoms with E-state index in [9.17, 15) is 14.4 Å². The van der Waals surface area contributed by atoms with Gasteiger partial charge in [-0.1, -0.05) is 25.3 Å². The average molecular weight is 318 g/mol. The van der Waals surface area contributed by atoms with Gasteiger partial charge in [0.25, 0.3) is 5.91 Å². The predicted octanol–water partition coefficient (Wildman–Crippen LogP) is 2.25. The van der Waals surface area contributed by atoms with Gasteiger partial charge in [-0.3, -0.25) is 9.59 Å². The topological polar surface area (TPSA) is 84.5 Å². The summed E-state index contributed by atoms with van der Waals surface area (Å²) in [6.45, 7) is 1.10. The normalized spacial score (nSPS) is 14.8. The third kappa shape index (κ3) is 5.73. The first kappa shape index (κ1) is 17.0. The molecule has 1 aromatic rings. The van der Waals surface area contributed by atoms with Crippen molar-refractivity contribution < 1.29 is 19.1 Å². The lowest BCUT2D eigenvalue weighted by atomic mass is 9.95. The van der Waals surface area contributed by atoms with Crippen LogP contribution < -0.4 is 10.6 Å². The van der Waals surface area contributed by atoms with Gasteiger partial charge in [-0.05, 0) is 31.0 Å². The zero-order chi connectivity index (χ0) is 16.7. The van der Waals surface area contributed by atoms with Crippen LogP contribution in [-0.2, 0) is 14.3 Å². The number of anilines is 1. The number of rotatable bonds is 5. The minimum absolute atomic E-state index is 0.193. The van der Waals surface area contributed by atoms with Crippen LogP contribution in [0.15, 0.2) is 24.3 Å². The molecule has 2 N–H and O–H groups in total. The Morgan fingerprint density at radius 2 is 1.91 bits per heavy atom. The predicted molar refractivity (Wildman–Crippen MR) is 86.0 cm³/mol. The first-order chi connectivity index (χ1) is 11.0. The van der Waals surface area contributed by atoms with E-state index in [4.69, 9.17) is 4.74 Å². The fourth-order valence-electron chi connectivity index (χ4n) is 2.66. The Morgan fingerprint density at radius 1 is 1.17 bits per heavy atom. The average Bonchev–Trinajstić information content (AvgIpc) is 2.53. The van der Waals surface area contributed by atoms with E-state index in [-0.39, 0.29) is 24.5 Å². The molecule has 6 nitrogen and oxygen atoms in total. The molecule has 0 aliphatic heterocycles. The van der Waals surface area contributed by atoms with Gasteiger partial charge in [0, 0.05) is 18.7 Å². The van der Waals surface area contributed by atoms with Crippen LogP contribution in [-0.4, -0.2) is 30.4 Å². The van der Waals surface area contributed by atoms with Crippen molar-refractivity contribution in [3.05, 3.63) is 29.8 Å². The molecule has 0 saturated heterocycles. The summed E-state index contributed by atoms with van der Waals surface area (Å²) in [6, 6.07) is 6.60. The molecular formula is C17H22N2O4. The number of hydrogen-bond acceptors (Lipinski definition) is 4. The third-order valence-electron chi connectivity index (χ3n) is 3.72. The zero-order valence-electron chi connectivity index (χ0n) is 13.3. The molecule has 1 saturated carbocycles. The second-order valence-corrected chi connectivity index (χ2v) is 5.74. The summed E-state index contributed by atoms with van der Waals surface area (Å²) in [6.07, 6.45) is 5.43. The zero-order valence-corrected chi connectivity index (χ0v) is 13.3. The quantitative estimate of drug-likeness (QED) is 0.816. The molecule has 0 bridgehead atoms. The smallest absolute Gasteiger partial charge is 0.338 e. The van der Waals surface area contributed by atoms with Crippen molar-refractivity contribution in [3.8, 4) is 0 Å². The minimum Gasteiger partial charge on any atom is -0.452 e. The molecule has 0 atom stereocenters. The molecule has 0 spiro atoms. The van der Waals surface area contributed by atoms with Crippen molar-refractivity contribution in [2.24, 2.45) is 0 Å². The van der Waals surface area contributed by atoms with Gasteiger partial charge in [0.05, 0.1) is 5.56 Å². The molecule has 1 fully saturated rings. The Morgan fingerprint density at radius 3 is 2.61 bits per heavy atom. The number of nitrogens with one attached hydrogen (secondary N) is 2. The van der Waals surface area contributed by atoms with Crippen molar-refractivity contribution in [1.29, 1.82) is 0 Å². The molecule has 1 aromatic carbocycles. The largest absolute Gasteiger partial charge is 0.452 e. The van der Waals surface area contributed by atoms with Crippen LogP contribution in [0.4, 0.5) is 5.69 Å². The maximum Gasteiger partial charge on any atom is 0.338 e. The fourth-order valence-corrected chi connectivity index (χ4v) is 2.66. The lowest BCUT2D eigenvalue weighted by molar-refractivity contribution is -0.125. The van der Waals surface area contributed by atoms with Crippen LogP contribution in [0.1, 0.15) is 49.4 Å². The Balaban J connectivity index is 1.81. The number of benzene rings is 1. The van der Waals surface area contributed by atoms with Gasteiger partial charge in [0.2, 0.25) is 5.91 Å². The van der Waals surface area contributed by atoms with Crippen molar-refractivity contribution in [1.82, 2.24) is 5.32 Å². The molecule has 0 unspecified atom stereocenters. The summed E-state index contributed by atoms with van der Waals surface area (Å²) >= 11 is 0. The SMILES string of the molecule is CC(=O)Nc1cccc(C(=O)OCC(=O)NC2CCCCC2)c1. The minimum atomic E-state index is -0.587. The van der Waals surface area contributed by atoms with E-state index >= 15 is 0 Å². The number of hydrogen-bond donors (Lipinski definition) is 2. The van der Waals surface area contributed by atoms with E-state index in [1.54, 1.807) is 18.2 Å². The van der Waals surface area contributed by atoms with Crippen LogP contribution in [0.25, 0.3) is 0 Å². The number of carbonyl (C=O) groups is 3. The van der Waals surface area contributed by atoms with Gasteiger partial charge in [0.1, 0.15) is 0 Å². The van der Waals surface area contributed by atoms with E-state index in [1.165, 1.54) is 19.4 Å². The van der Waals surface area contributed by atoms with Crippen LogP contribution in [0.2, 0.25) is 0 Å². The van der Waals surface area contributed by atoms with Crippen LogP contribution in [0.3, 0.4) is 0 Å². The van der Waals surface area contributed by atoms with E-state index in [2.05, 4.69) is 10.6 Å². The first-order valence-electron chi connectivity index (χ1n) is 7.89. The van der Waals surface area contributed by atoms with Crippen molar-refractivity contribution in [2.75, 3.05) is 11.9 Å². The molecule has 1 aliphatic carbocycles. The summed E-state index contributed by atoms with van der Waals surface area (Å²) in [4.78, 5) is 34.8. The highest BCUT2D eigenvalue weighted by Gasteiger charge is 2.17.